The highest BCUT2D eigenvalue weighted by Crippen LogP contribution is 2.29. The van der Waals surface area contributed by atoms with Crippen LogP contribution in [0.2, 0.25) is 0 Å². The lowest BCUT2D eigenvalue weighted by molar-refractivity contribution is -0.136. The Balaban J connectivity index is 2.10. The van der Waals surface area contributed by atoms with Crippen LogP contribution in [0.1, 0.15) is 11.1 Å². The highest BCUT2D eigenvalue weighted by Gasteiger charge is 2.03. The molecule has 4 heteroatoms. The monoisotopic (exact) mass is 384 g/mol. The van der Waals surface area contributed by atoms with Crippen molar-refractivity contribution in [3.8, 4) is 0 Å². The van der Waals surface area contributed by atoms with Gasteiger partial charge in [0.05, 0.1) is 6.42 Å². The average Bonchev–Trinajstić information content (AvgIpc) is 2.36. The quantitative estimate of drug-likeness (QED) is 0.796. The molecule has 0 bridgehead atoms. The SMILES string of the molecule is Cc1cc(Sc2ccc(CC(=O)O)cc2)ccc1I. The zero-order valence-electron chi connectivity index (χ0n) is 10.4. The van der Waals surface area contributed by atoms with Crippen LogP contribution in [0.5, 0.6) is 0 Å². The van der Waals surface area contributed by atoms with E-state index in [1.807, 2.05) is 24.3 Å². The largest absolute Gasteiger partial charge is 0.481 e. The predicted octanol–water partition coefficient (Wildman–Crippen LogP) is 4.38. The third-order valence-electron chi connectivity index (χ3n) is 2.64. The summed E-state index contributed by atoms with van der Waals surface area (Å²) in [4.78, 5) is 12.9. The van der Waals surface area contributed by atoms with E-state index in [1.54, 1.807) is 11.8 Å². The highest BCUT2D eigenvalue weighted by atomic mass is 127. The summed E-state index contributed by atoms with van der Waals surface area (Å²) in [5, 5.41) is 8.72. The third-order valence-corrected chi connectivity index (χ3v) is 4.85. The first kappa shape index (κ1) is 14.4. The molecule has 0 spiro atoms. The van der Waals surface area contributed by atoms with E-state index < -0.39 is 5.97 Å². The molecule has 0 saturated carbocycles. The van der Waals surface area contributed by atoms with Gasteiger partial charge in [0.2, 0.25) is 0 Å². The molecule has 2 rings (SSSR count). The van der Waals surface area contributed by atoms with Gasteiger partial charge in [-0.3, -0.25) is 4.79 Å². The lowest BCUT2D eigenvalue weighted by Gasteiger charge is -2.05. The third kappa shape index (κ3) is 4.24. The smallest absolute Gasteiger partial charge is 0.307 e. The second-order valence-electron chi connectivity index (χ2n) is 4.23. The first-order chi connectivity index (χ1) is 9.04. The minimum Gasteiger partial charge on any atom is -0.481 e. The Hall–Kier alpha value is -1.01. The zero-order chi connectivity index (χ0) is 13.8. The van der Waals surface area contributed by atoms with Crippen molar-refractivity contribution in [3.63, 3.8) is 0 Å². The summed E-state index contributed by atoms with van der Waals surface area (Å²) in [5.74, 6) is -0.798. The van der Waals surface area contributed by atoms with Crippen LogP contribution in [0.3, 0.4) is 0 Å². The van der Waals surface area contributed by atoms with E-state index in [0.29, 0.717) is 0 Å². The minimum atomic E-state index is -0.798. The molecule has 0 radical (unpaired) electrons. The van der Waals surface area contributed by atoms with Gasteiger partial charge in [0.1, 0.15) is 0 Å². The Morgan fingerprint density at radius 2 is 1.79 bits per heavy atom. The van der Waals surface area contributed by atoms with E-state index in [-0.39, 0.29) is 6.42 Å². The van der Waals surface area contributed by atoms with Crippen LogP contribution in [0.25, 0.3) is 0 Å². The maximum Gasteiger partial charge on any atom is 0.307 e. The van der Waals surface area contributed by atoms with Gasteiger partial charge in [0.25, 0.3) is 0 Å². The Labute approximate surface area is 130 Å². The molecular formula is C15H13IO2S. The van der Waals surface area contributed by atoms with E-state index in [2.05, 4.69) is 47.7 Å². The molecule has 19 heavy (non-hydrogen) atoms. The number of aliphatic carboxylic acids is 1. The molecule has 0 aliphatic rings. The van der Waals surface area contributed by atoms with Gasteiger partial charge in [0, 0.05) is 13.4 Å². The molecule has 1 N–H and O–H groups in total. The number of benzene rings is 2. The van der Waals surface area contributed by atoms with Crippen molar-refractivity contribution in [1.29, 1.82) is 0 Å². The van der Waals surface area contributed by atoms with E-state index in [0.717, 1.165) is 10.5 Å². The molecule has 0 aliphatic heterocycles. The number of carboxylic acids is 1. The molecule has 0 fully saturated rings. The van der Waals surface area contributed by atoms with Crippen LogP contribution in [-0.4, -0.2) is 11.1 Å². The molecular weight excluding hydrogens is 371 g/mol. The molecule has 0 saturated heterocycles. The normalized spacial score (nSPS) is 10.4. The Bertz CT molecular complexity index is 594. The first-order valence-electron chi connectivity index (χ1n) is 5.79. The lowest BCUT2D eigenvalue weighted by Crippen LogP contribution is -1.99. The summed E-state index contributed by atoms with van der Waals surface area (Å²) in [7, 11) is 0. The molecule has 2 aromatic carbocycles. The standard InChI is InChI=1S/C15H13IO2S/c1-10-8-13(6-7-14(10)16)19-12-4-2-11(3-5-12)9-15(17)18/h2-8H,9H2,1H3,(H,17,18). The Kier molecular flexibility index (Phi) is 4.87. The van der Waals surface area contributed by atoms with Crippen LogP contribution in [0, 0.1) is 10.5 Å². The molecule has 0 aliphatic carbocycles. The number of rotatable bonds is 4. The maximum absolute atomic E-state index is 10.6. The minimum absolute atomic E-state index is 0.0770. The number of halogens is 1. The summed E-state index contributed by atoms with van der Waals surface area (Å²) < 4.78 is 1.26. The van der Waals surface area contributed by atoms with Crippen LogP contribution in [-0.2, 0) is 11.2 Å². The van der Waals surface area contributed by atoms with Crippen molar-refractivity contribution in [1.82, 2.24) is 0 Å². The molecule has 0 unspecified atom stereocenters. The molecule has 0 amide bonds. The van der Waals surface area contributed by atoms with Crippen molar-refractivity contribution in [3.05, 3.63) is 57.2 Å². The van der Waals surface area contributed by atoms with Gasteiger partial charge in [-0.1, -0.05) is 23.9 Å². The second kappa shape index (κ2) is 6.43. The van der Waals surface area contributed by atoms with Gasteiger partial charge in [-0.15, -0.1) is 0 Å². The number of carboxylic acid groups (broad SMARTS) is 1. The van der Waals surface area contributed by atoms with Crippen LogP contribution in [0.4, 0.5) is 0 Å². The van der Waals surface area contributed by atoms with Gasteiger partial charge < -0.3 is 5.11 Å². The highest BCUT2D eigenvalue weighted by molar-refractivity contribution is 14.1. The number of aryl methyl sites for hydroxylation is 1. The Morgan fingerprint density at radius 1 is 1.16 bits per heavy atom. The van der Waals surface area contributed by atoms with Crippen molar-refractivity contribution >= 4 is 40.3 Å². The molecule has 0 heterocycles. The first-order valence-corrected chi connectivity index (χ1v) is 7.69. The van der Waals surface area contributed by atoms with Gasteiger partial charge in [-0.25, -0.2) is 0 Å². The van der Waals surface area contributed by atoms with Crippen LogP contribution >= 0.6 is 34.4 Å². The number of hydrogen-bond acceptors (Lipinski definition) is 2. The second-order valence-corrected chi connectivity index (χ2v) is 6.54. The molecule has 2 nitrogen and oxygen atoms in total. The molecule has 0 atom stereocenters. The van der Waals surface area contributed by atoms with E-state index in [1.165, 1.54) is 14.0 Å². The van der Waals surface area contributed by atoms with Crippen molar-refractivity contribution in [2.45, 2.75) is 23.1 Å². The van der Waals surface area contributed by atoms with Gasteiger partial charge in [-0.2, -0.15) is 0 Å². The lowest BCUT2D eigenvalue weighted by atomic mass is 10.2. The maximum atomic E-state index is 10.6. The fourth-order valence-electron chi connectivity index (χ4n) is 1.67. The topological polar surface area (TPSA) is 37.3 Å². The van der Waals surface area contributed by atoms with E-state index in [4.69, 9.17) is 5.11 Å². The number of carbonyl (C=O) groups is 1. The van der Waals surface area contributed by atoms with Gasteiger partial charge in [0.15, 0.2) is 0 Å². The van der Waals surface area contributed by atoms with Crippen LogP contribution < -0.4 is 0 Å². The van der Waals surface area contributed by atoms with Crippen molar-refractivity contribution in [2.24, 2.45) is 0 Å². The molecule has 2 aromatic rings. The van der Waals surface area contributed by atoms with Crippen molar-refractivity contribution in [2.75, 3.05) is 0 Å². The summed E-state index contributed by atoms with van der Waals surface area (Å²) in [6.45, 7) is 2.10. The summed E-state index contributed by atoms with van der Waals surface area (Å²) >= 11 is 4.01. The predicted molar refractivity (Wildman–Crippen MR) is 85.8 cm³/mol. The zero-order valence-corrected chi connectivity index (χ0v) is 13.4. The summed E-state index contributed by atoms with van der Waals surface area (Å²) in [5.41, 5.74) is 2.10. The van der Waals surface area contributed by atoms with Gasteiger partial charge in [-0.05, 0) is 71.0 Å². The summed E-state index contributed by atoms with van der Waals surface area (Å²) in [6, 6.07) is 14.1. The Morgan fingerprint density at radius 3 is 2.37 bits per heavy atom. The fraction of sp³-hybridized carbons (Fsp3) is 0.133. The van der Waals surface area contributed by atoms with Gasteiger partial charge >= 0.3 is 5.97 Å². The molecule has 0 aromatic heterocycles. The number of hydrogen-bond donors (Lipinski definition) is 1. The summed E-state index contributed by atoms with van der Waals surface area (Å²) in [6.07, 6.45) is 0.0770. The van der Waals surface area contributed by atoms with E-state index >= 15 is 0 Å². The average molecular weight is 384 g/mol. The van der Waals surface area contributed by atoms with Crippen LogP contribution in [0.15, 0.2) is 52.3 Å². The van der Waals surface area contributed by atoms with Crippen molar-refractivity contribution < 1.29 is 9.90 Å². The molecule has 98 valence electrons. The van der Waals surface area contributed by atoms with E-state index in [9.17, 15) is 4.79 Å². The fourth-order valence-corrected chi connectivity index (χ4v) is 2.92.